The number of ether oxygens (including phenoxy) is 1. The maximum absolute atomic E-state index is 13.8. The molecule has 0 aliphatic heterocycles. The standard InChI is InChI=1S/C36H47N3O4/c1-35(2,3)43-34(42)39(8)36(4,5)23-14-19-32(40)38(7)31(26-28-20-21-29-17-12-13-18-30(29)25-28)33(41)37(6)24-22-27-15-10-9-11-16-27/h9-21,25,31H,22-24,26H2,1-8H3/b19-14+/t31-/m1/s1. The third-order valence-corrected chi connectivity index (χ3v) is 7.75. The molecule has 7 heteroatoms. The Labute approximate surface area is 257 Å². The molecule has 0 unspecified atom stereocenters. The average molecular weight is 586 g/mol. The third kappa shape index (κ3) is 9.70. The van der Waals surface area contributed by atoms with Gasteiger partial charge in [0.25, 0.3) is 0 Å². The largest absolute Gasteiger partial charge is 0.444 e. The lowest BCUT2D eigenvalue weighted by Crippen LogP contribution is -2.49. The number of hydrogen-bond acceptors (Lipinski definition) is 4. The highest BCUT2D eigenvalue weighted by molar-refractivity contribution is 5.93. The van der Waals surface area contributed by atoms with E-state index in [0.717, 1.165) is 28.3 Å². The predicted molar refractivity (Wildman–Crippen MR) is 174 cm³/mol. The third-order valence-electron chi connectivity index (χ3n) is 7.75. The van der Waals surface area contributed by atoms with E-state index in [1.807, 2.05) is 83.1 Å². The molecular formula is C36H47N3O4. The monoisotopic (exact) mass is 585 g/mol. The molecule has 0 bridgehead atoms. The molecule has 3 aromatic carbocycles. The Morgan fingerprint density at radius 2 is 1.44 bits per heavy atom. The van der Waals surface area contributed by atoms with E-state index >= 15 is 0 Å². The number of benzene rings is 3. The van der Waals surface area contributed by atoms with Gasteiger partial charge in [0, 0.05) is 39.6 Å². The van der Waals surface area contributed by atoms with Gasteiger partial charge in [-0.15, -0.1) is 0 Å². The molecule has 0 N–H and O–H groups in total. The fraction of sp³-hybridized carbons (Fsp3) is 0.417. The van der Waals surface area contributed by atoms with Crippen LogP contribution in [0.3, 0.4) is 0 Å². The van der Waals surface area contributed by atoms with E-state index in [9.17, 15) is 14.4 Å². The lowest BCUT2D eigenvalue weighted by Gasteiger charge is -2.36. The number of carbonyl (C=O) groups excluding carboxylic acids is 3. The van der Waals surface area contributed by atoms with Gasteiger partial charge in [0.2, 0.25) is 11.8 Å². The Bertz CT molecular complexity index is 1430. The van der Waals surface area contributed by atoms with Crippen LogP contribution in [0.1, 0.15) is 52.2 Å². The zero-order valence-electron chi connectivity index (χ0n) is 27.0. The van der Waals surface area contributed by atoms with Gasteiger partial charge in [-0.1, -0.05) is 78.9 Å². The molecule has 0 spiro atoms. The maximum atomic E-state index is 13.8. The average Bonchev–Trinajstić information content (AvgIpc) is 2.96. The van der Waals surface area contributed by atoms with Crippen LogP contribution >= 0.6 is 0 Å². The van der Waals surface area contributed by atoms with Crippen molar-refractivity contribution in [2.24, 2.45) is 0 Å². The minimum Gasteiger partial charge on any atom is -0.444 e. The van der Waals surface area contributed by atoms with Crippen molar-refractivity contribution in [2.75, 3.05) is 27.7 Å². The number of likely N-dealkylation sites (N-methyl/N-ethyl adjacent to an activating group) is 2. The summed E-state index contributed by atoms with van der Waals surface area (Å²) in [4.78, 5) is 44.7. The van der Waals surface area contributed by atoms with Gasteiger partial charge in [0.1, 0.15) is 11.6 Å². The fourth-order valence-electron chi connectivity index (χ4n) is 4.72. The van der Waals surface area contributed by atoms with Gasteiger partial charge >= 0.3 is 6.09 Å². The van der Waals surface area contributed by atoms with Crippen molar-refractivity contribution in [3.05, 3.63) is 96.1 Å². The molecule has 3 amide bonds. The number of fused-ring (bicyclic) bond motifs is 1. The van der Waals surface area contributed by atoms with E-state index in [-0.39, 0.29) is 11.8 Å². The van der Waals surface area contributed by atoms with Crippen LogP contribution in [0.5, 0.6) is 0 Å². The summed E-state index contributed by atoms with van der Waals surface area (Å²) in [6.45, 7) is 9.87. The van der Waals surface area contributed by atoms with Gasteiger partial charge < -0.3 is 19.4 Å². The van der Waals surface area contributed by atoms with Crippen LogP contribution in [0, 0.1) is 0 Å². The molecular weight excluding hydrogens is 538 g/mol. The second-order valence-electron chi connectivity index (χ2n) is 12.8. The highest BCUT2D eigenvalue weighted by Gasteiger charge is 2.31. The van der Waals surface area contributed by atoms with Crippen molar-refractivity contribution in [2.45, 2.75) is 71.1 Å². The van der Waals surface area contributed by atoms with Crippen molar-refractivity contribution in [1.82, 2.24) is 14.7 Å². The zero-order valence-corrected chi connectivity index (χ0v) is 27.0. The first kappa shape index (κ1) is 33.4. The molecule has 0 fully saturated rings. The quantitative estimate of drug-likeness (QED) is 0.241. The number of hydrogen-bond donors (Lipinski definition) is 0. The van der Waals surface area contributed by atoms with E-state index in [2.05, 4.69) is 24.3 Å². The van der Waals surface area contributed by atoms with Crippen LogP contribution < -0.4 is 0 Å². The first-order valence-electron chi connectivity index (χ1n) is 14.8. The second kappa shape index (κ2) is 14.4. The molecule has 43 heavy (non-hydrogen) atoms. The molecule has 0 aliphatic carbocycles. The van der Waals surface area contributed by atoms with Crippen LogP contribution in [0.25, 0.3) is 10.8 Å². The van der Waals surface area contributed by atoms with Crippen LogP contribution in [-0.2, 0) is 27.2 Å². The summed E-state index contributed by atoms with van der Waals surface area (Å²) in [5.41, 5.74) is 0.948. The highest BCUT2D eigenvalue weighted by atomic mass is 16.6. The molecule has 0 radical (unpaired) electrons. The van der Waals surface area contributed by atoms with Gasteiger partial charge in [-0.25, -0.2) is 4.79 Å². The smallest absolute Gasteiger partial charge is 0.410 e. The Balaban J connectivity index is 1.76. The highest BCUT2D eigenvalue weighted by Crippen LogP contribution is 2.22. The Morgan fingerprint density at radius 1 is 0.814 bits per heavy atom. The normalized spacial score (nSPS) is 12.7. The molecule has 0 saturated heterocycles. The van der Waals surface area contributed by atoms with E-state index < -0.39 is 23.3 Å². The fourth-order valence-corrected chi connectivity index (χ4v) is 4.72. The molecule has 7 nitrogen and oxygen atoms in total. The summed E-state index contributed by atoms with van der Waals surface area (Å²) in [6.07, 6.45) is 4.38. The molecule has 0 saturated carbocycles. The van der Waals surface area contributed by atoms with Crippen molar-refractivity contribution < 1.29 is 19.1 Å². The number of nitrogens with zero attached hydrogens (tertiary/aromatic N) is 3. The second-order valence-corrected chi connectivity index (χ2v) is 12.8. The molecule has 0 aromatic heterocycles. The van der Waals surface area contributed by atoms with Crippen LogP contribution in [-0.4, -0.2) is 77.5 Å². The molecule has 3 rings (SSSR count). The first-order chi connectivity index (χ1) is 20.2. The number of rotatable bonds is 11. The van der Waals surface area contributed by atoms with E-state index in [1.54, 1.807) is 37.0 Å². The van der Waals surface area contributed by atoms with Crippen molar-refractivity contribution in [3.8, 4) is 0 Å². The van der Waals surface area contributed by atoms with Crippen LogP contribution in [0.2, 0.25) is 0 Å². The van der Waals surface area contributed by atoms with Crippen molar-refractivity contribution >= 4 is 28.7 Å². The van der Waals surface area contributed by atoms with E-state index in [4.69, 9.17) is 4.74 Å². The van der Waals surface area contributed by atoms with E-state index in [1.165, 1.54) is 11.0 Å². The van der Waals surface area contributed by atoms with Crippen LogP contribution in [0.4, 0.5) is 4.79 Å². The SMILES string of the molecule is CN(CCc1ccccc1)C(=O)[C@@H](Cc1ccc2ccccc2c1)N(C)C(=O)/C=C/CC(C)(C)N(C)C(=O)OC(C)(C)C. The Hall–Kier alpha value is -4.13. The summed E-state index contributed by atoms with van der Waals surface area (Å²) in [5.74, 6) is -0.385. The van der Waals surface area contributed by atoms with Crippen molar-refractivity contribution in [3.63, 3.8) is 0 Å². The number of carbonyl (C=O) groups is 3. The van der Waals surface area contributed by atoms with Gasteiger partial charge in [-0.3, -0.25) is 9.59 Å². The van der Waals surface area contributed by atoms with E-state index in [0.29, 0.717) is 19.4 Å². The molecule has 0 aliphatic rings. The Kier molecular flexibility index (Phi) is 11.1. The molecule has 230 valence electrons. The molecule has 1 atom stereocenters. The summed E-state index contributed by atoms with van der Waals surface area (Å²) >= 11 is 0. The predicted octanol–water partition coefficient (Wildman–Crippen LogP) is 6.50. The van der Waals surface area contributed by atoms with Gasteiger partial charge in [0.15, 0.2) is 0 Å². The maximum Gasteiger partial charge on any atom is 0.410 e. The topological polar surface area (TPSA) is 70.2 Å². The molecule has 0 heterocycles. The zero-order chi connectivity index (χ0) is 31.8. The van der Waals surface area contributed by atoms with Gasteiger partial charge in [-0.2, -0.15) is 0 Å². The Morgan fingerprint density at radius 3 is 2.09 bits per heavy atom. The summed E-state index contributed by atoms with van der Waals surface area (Å²) in [7, 11) is 5.17. The van der Waals surface area contributed by atoms with Gasteiger partial charge in [0.05, 0.1) is 0 Å². The summed E-state index contributed by atoms with van der Waals surface area (Å²) < 4.78 is 5.51. The summed E-state index contributed by atoms with van der Waals surface area (Å²) in [6, 6.07) is 23.6. The lowest BCUT2D eigenvalue weighted by atomic mass is 9.98. The first-order valence-corrected chi connectivity index (χ1v) is 14.8. The van der Waals surface area contributed by atoms with Crippen molar-refractivity contribution in [1.29, 1.82) is 0 Å². The lowest BCUT2D eigenvalue weighted by molar-refractivity contribution is -0.141. The van der Waals surface area contributed by atoms with Gasteiger partial charge in [-0.05, 0) is 75.4 Å². The number of amides is 3. The molecule has 3 aromatic rings. The van der Waals surface area contributed by atoms with Crippen LogP contribution in [0.15, 0.2) is 84.9 Å². The minimum atomic E-state index is -0.684. The summed E-state index contributed by atoms with van der Waals surface area (Å²) in [5, 5.41) is 2.22. The minimum absolute atomic E-state index is 0.113.